The van der Waals surface area contributed by atoms with E-state index in [4.69, 9.17) is 5.73 Å². The Labute approximate surface area is 77.6 Å². The maximum atomic E-state index is 5.45. The molecule has 0 saturated heterocycles. The first-order valence-electron chi connectivity index (χ1n) is 4.14. The number of nitrogens with two attached hydrogens (primary N) is 1. The molecular weight excluding hydrogens is 168 g/mol. The summed E-state index contributed by atoms with van der Waals surface area (Å²) in [5.74, 6) is 1.13. The standard InChI is InChI=1S/C9H14N2S/c1-2-5-12-9-4-3-8(6-10)7-11-9/h3-4,7H,2,5-6,10H2,1H3. The van der Waals surface area contributed by atoms with E-state index in [1.807, 2.05) is 18.3 Å². The second-order valence-electron chi connectivity index (χ2n) is 2.56. The Hall–Kier alpha value is -0.540. The number of pyridine rings is 1. The van der Waals surface area contributed by atoms with E-state index >= 15 is 0 Å². The van der Waals surface area contributed by atoms with Crippen LogP contribution in [-0.4, -0.2) is 10.7 Å². The lowest BCUT2D eigenvalue weighted by atomic mass is 10.3. The molecule has 3 heteroatoms. The number of nitrogens with zero attached hydrogens (tertiary/aromatic N) is 1. The van der Waals surface area contributed by atoms with Crippen molar-refractivity contribution in [2.45, 2.75) is 24.9 Å². The van der Waals surface area contributed by atoms with E-state index in [2.05, 4.69) is 11.9 Å². The molecule has 12 heavy (non-hydrogen) atoms. The molecule has 2 N–H and O–H groups in total. The van der Waals surface area contributed by atoms with Crippen molar-refractivity contribution < 1.29 is 0 Å². The lowest BCUT2D eigenvalue weighted by Gasteiger charge is -1.99. The van der Waals surface area contributed by atoms with Crippen LogP contribution in [-0.2, 0) is 6.54 Å². The van der Waals surface area contributed by atoms with Crippen molar-refractivity contribution in [2.24, 2.45) is 5.73 Å². The van der Waals surface area contributed by atoms with Crippen LogP contribution >= 0.6 is 11.8 Å². The van der Waals surface area contributed by atoms with Crippen LogP contribution in [0.15, 0.2) is 23.4 Å². The molecular formula is C9H14N2S. The fourth-order valence-electron chi connectivity index (χ4n) is 0.824. The van der Waals surface area contributed by atoms with Crippen molar-refractivity contribution in [3.05, 3.63) is 23.9 Å². The van der Waals surface area contributed by atoms with Gasteiger partial charge in [0.2, 0.25) is 0 Å². The van der Waals surface area contributed by atoms with Gasteiger partial charge in [-0.2, -0.15) is 0 Å². The summed E-state index contributed by atoms with van der Waals surface area (Å²) in [5, 5.41) is 1.09. The normalized spacial score (nSPS) is 10.2. The number of thioether (sulfide) groups is 1. The van der Waals surface area contributed by atoms with Gasteiger partial charge < -0.3 is 5.73 Å². The highest BCUT2D eigenvalue weighted by atomic mass is 32.2. The minimum absolute atomic E-state index is 0.575. The Morgan fingerprint density at radius 2 is 2.33 bits per heavy atom. The van der Waals surface area contributed by atoms with Crippen LogP contribution in [0.3, 0.4) is 0 Å². The molecule has 0 radical (unpaired) electrons. The maximum absolute atomic E-state index is 5.45. The Bertz CT molecular complexity index is 220. The summed E-state index contributed by atoms with van der Waals surface area (Å²) >= 11 is 1.79. The van der Waals surface area contributed by atoms with E-state index in [1.165, 1.54) is 6.42 Å². The maximum Gasteiger partial charge on any atom is 0.0960 e. The van der Waals surface area contributed by atoms with Crippen molar-refractivity contribution in [3.8, 4) is 0 Å². The van der Waals surface area contributed by atoms with Crippen molar-refractivity contribution in [1.82, 2.24) is 4.98 Å². The van der Waals surface area contributed by atoms with Crippen molar-refractivity contribution in [2.75, 3.05) is 5.75 Å². The fourth-order valence-corrected chi connectivity index (χ4v) is 1.53. The molecule has 0 aliphatic rings. The van der Waals surface area contributed by atoms with Crippen LogP contribution in [0.5, 0.6) is 0 Å². The fraction of sp³-hybridized carbons (Fsp3) is 0.444. The van der Waals surface area contributed by atoms with Gasteiger partial charge in [0.05, 0.1) is 5.03 Å². The molecule has 1 aromatic rings. The van der Waals surface area contributed by atoms with Gasteiger partial charge >= 0.3 is 0 Å². The second kappa shape index (κ2) is 5.17. The van der Waals surface area contributed by atoms with E-state index in [0.717, 1.165) is 16.3 Å². The van der Waals surface area contributed by atoms with Gasteiger partial charge in [-0.15, -0.1) is 11.8 Å². The summed E-state index contributed by atoms with van der Waals surface area (Å²) in [6, 6.07) is 4.06. The molecule has 1 rings (SSSR count). The molecule has 0 bridgehead atoms. The molecule has 1 aromatic heterocycles. The number of hydrogen-bond donors (Lipinski definition) is 1. The highest BCUT2D eigenvalue weighted by molar-refractivity contribution is 7.99. The molecule has 2 nitrogen and oxygen atoms in total. The van der Waals surface area contributed by atoms with Gasteiger partial charge in [0.15, 0.2) is 0 Å². The quantitative estimate of drug-likeness (QED) is 0.724. The molecule has 0 aliphatic carbocycles. The molecule has 0 fully saturated rings. The van der Waals surface area contributed by atoms with Crippen LogP contribution in [0, 0.1) is 0 Å². The number of aromatic nitrogens is 1. The van der Waals surface area contributed by atoms with Crippen molar-refractivity contribution in [3.63, 3.8) is 0 Å². The topological polar surface area (TPSA) is 38.9 Å². The average molecular weight is 182 g/mol. The van der Waals surface area contributed by atoms with Gasteiger partial charge in [-0.1, -0.05) is 13.0 Å². The zero-order valence-corrected chi connectivity index (χ0v) is 8.10. The Morgan fingerprint density at radius 3 is 2.83 bits per heavy atom. The van der Waals surface area contributed by atoms with Crippen LogP contribution in [0.4, 0.5) is 0 Å². The largest absolute Gasteiger partial charge is 0.326 e. The highest BCUT2D eigenvalue weighted by Crippen LogP contribution is 2.15. The third-order valence-electron chi connectivity index (χ3n) is 1.49. The van der Waals surface area contributed by atoms with Crippen molar-refractivity contribution in [1.29, 1.82) is 0 Å². The first-order valence-corrected chi connectivity index (χ1v) is 5.13. The first-order chi connectivity index (χ1) is 5.86. The van der Waals surface area contributed by atoms with Crippen LogP contribution in [0.1, 0.15) is 18.9 Å². The Morgan fingerprint density at radius 1 is 1.50 bits per heavy atom. The van der Waals surface area contributed by atoms with E-state index in [-0.39, 0.29) is 0 Å². The van der Waals surface area contributed by atoms with E-state index in [1.54, 1.807) is 11.8 Å². The molecule has 0 unspecified atom stereocenters. The van der Waals surface area contributed by atoms with Gasteiger partial charge in [0.25, 0.3) is 0 Å². The lowest BCUT2D eigenvalue weighted by Crippen LogP contribution is -1.96. The molecule has 66 valence electrons. The van der Waals surface area contributed by atoms with E-state index in [9.17, 15) is 0 Å². The van der Waals surface area contributed by atoms with Gasteiger partial charge in [0, 0.05) is 12.7 Å². The number of rotatable bonds is 4. The van der Waals surface area contributed by atoms with Gasteiger partial charge in [0.1, 0.15) is 0 Å². The molecule has 0 atom stereocenters. The molecule has 0 aliphatic heterocycles. The van der Waals surface area contributed by atoms with Crippen LogP contribution in [0.2, 0.25) is 0 Å². The van der Waals surface area contributed by atoms with E-state index in [0.29, 0.717) is 6.54 Å². The average Bonchev–Trinajstić information content (AvgIpc) is 2.15. The summed E-state index contributed by atoms with van der Waals surface area (Å²) in [6.07, 6.45) is 3.03. The van der Waals surface area contributed by atoms with Crippen LogP contribution < -0.4 is 5.73 Å². The predicted octanol–water partition coefficient (Wildman–Crippen LogP) is 2.04. The SMILES string of the molecule is CCCSc1ccc(CN)cn1. The summed E-state index contributed by atoms with van der Waals surface area (Å²) in [4.78, 5) is 4.27. The van der Waals surface area contributed by atoms with Gasteiger partial charge in [-0.25, -0.2) is 4.98 Å². The zero-order valence-electron chi connectivity index (χ0n) is 7.29. The first kappa shape index (κ1) is 9.55. The molecule has 0 spiro atoms. The summed E-state index contributed by atoms with van der Waals surface area (Å²) in [5.41, 5.74) is 6.55. The third kappa shape index (κ3) is 2.83. The summed E-state index contributed by atoms with van der Waals surface area (Å²) in [7, 11) is 0. The highest BCUT2D eigenvalue weighted by Gasteiger charge is 1.94. The lowest BCUT2D eigenvalue weighted by molar-refractivity contribution is 1.01. The Kier molecular flexibility index (Phi) is 4.11. The smallest absolute Gasteiger partial charge is 0.0960 e. The van der Waals surface area contributed by atoms with Gasteiger partial charge in [-0.05, 0) is 23.8 Å². The third-order valence-corrected chi connectivity index (χ3v) is 2.64. The summed E-state index contributed by atoms with van der Waals surface area (Å²) < 4.78 is 0. The second-order valence-corrected chi connectivity index (χ2v) is 3.67. The minimum Gasteiger partial charge on any atom is -0.326 e. The molecule has 0 aromatic carbocycles. The van der Waals surface area contributed by atoms with Crippen LogP contribution in [0.25, 0.3) is 0 Å². The molecule has 1 heterocycles. The molecule has 0 saturated carbocycles. The molecule has 0 amide bonds. The van der Waals surface area contributed by atoms with Crippen molar-refractivity contribution >= 4 is 11.8 Å². The van der Waals surface area contributed by atoms with Gasteiger partial charge in [-0.3, -0.25) is 0 Å². The predicted molar refractivity (Wildman–Crippen MR) is 53.1 cm³/mol. The minimum atomic E-state index is 0.575. The van der Waals surface area contributed by atoms with E-state index < -0.39 is 0 Å². The summed E-state index contributed by atoms with van der Waals surface area (Å²) in [6.45, 7) is 2.74. The monoisotopic (exact) mass is 182 g/mol. The Balaban J connectivity index is 2.53. The zero-order chi connectivity index (χ0) is 8.81. The number of hydrogen-bond acceptors (Lipinski definition) is 3.